The Kier molecular flexibility index (Phi) is 4.95. The molecule has 0 bridgehead atoms. The zero-order valence-electron chi connectivity index (χ0n) is 14.5. The molecule has 2 N–H and O–H groups in total. The summed E-state index contributed by atoms with van der Waals surface area (Å²) in [5.74, 6) is -0.384. The van der Waals surface area contributed by atoms with Crippen LogP contribution in [0.1, 0.15) is 34.6 Å². The van der Waals surface area contributed by atoms with Crippen LogP contribution in [-0.2, 0) is 0 Å². The maximum absolute atomic E-state index is 13.6. The third kappa shape index (κ3) is 3.79. The van der Waals surface area contributed by atoms with Gasteiger partial charge in [-0.05, 0) is 30.3 Å². The first-order valence-electron chi connectivity index (χ1n) is 8.44. The Morgan fingerprint density at radius 3 is 2.76 bits per heavy atom. The van der Waals surface area contributed by atoms with Crippen LogP contribution < -0.4 is 10.6 Å². The fourth-order valence-corrected chi connectivity index (χ4v) is 3.64. The Balaban J connectivity index is 1.69. The molecule has 1 aliphatic rings. The van der Waals surface area contributed by atoms with E-state index >= 15 is 0 Å². The van der Waals surface area contributed by atoms with Gasteiger partial charge >= 0.3 is 6.18 Å². The Morgan fingerprint density at radius 2 is 2.10 bits per heavy atom. The van der Waals surface area contributed by atoms with E-state index < -0.39 is 24.2 Å². The lowest BCUT2D eigenvalue weighted by atomic mass is 10.0. The summed E-state index contributed by atoms with van der Waals surface area (Å²) >= 11 is 11.9. The van der Waals surface area contributed by atoms with E-state index in [4.69, 9.17) is 27.6 Å². The van der Waals surface area contributed by atoms with E-state index in [9.17, 15) is 18.0 Å². The van der Waals surface area contributed by atoms with E-state index in [1.165, 1.54) is 24.5 Å². The van der Waals surface area contributed by atoms with Crippen LogP contribution in [0, 0.1) is 0 Å². The van der Waals surface area contributed by atoms with E-state index in [0.29, 0.717) is 10.8 Å². The van der Waals surface area contributed by atoms with Gasteiger partial charge in [0.25, 0.3) is 5.91 Å². The number of benzene rings is 1. The number of amides is 1. The number of nitrogens with one attached hydrogen (secondary N) is 2. The minimum atomic E-state index is -4.55. The van der Waals surface area contributed by atoms with E-state index in [2.05, 4.69) is 15.7 Å². The maximum Gasteiger partial charge on any atom is 0.410 e. The summed E-state index contributed by atoms with van der Waals surface area (Å²) in [4.78, 5) is 12.7. The molecule has 152 valence electrons. The predicted molar refractivity (Wildman–Crippen MR) is 101 cm³/mol. The SMILES string of the molecule is O=C(Nc1ccc(Cl)cc1Cl)c1cnn2c1N[C@@H](c1ccco1)C[C@@H]2C(F)(F)F. The third-order valence-corrected chi connectivity index (χ3v) is 5.10. The first-order valence-corrected chi connectivity index (χ1v) is 9.20. The van der Waals surface area contributed by atoms with E-state index in [-0.39, 0.29) is 28.5 Å². The number of carbonyl (C=O) groups excluding carboxylic acids is 1. The minimum Gasteiger partial charge on any atom is -0.467 e. The van der Waals surface area contributed by atoms with Crippen LogP contribution in [0.2, 0.25) is 10.0 Å². The topological polar surface area (TPSA) is 72.1 Å². The first kappa shape index (κ1) is 19.7. The van der Waals surface area contributed by atoms with Crippen LogP contribution >= 0.6 is 23.2 Å². The van der Waals surface area contributed by atoms with Crippen molar-refractivity contribution in [3.05, 3.63) is 64.2 Å². The van der Waals surface area contributed by atoms with Crippen molar-refractivity contribution in [2.75, 3.05) is 10.6 Å². The second kappa shape index (κ2) is 7.31. The van der Waals surface area contributed by atoms with Crippen molar-refractivity contribution in [3.8, 4) is 0 Å². The molecule has 4 rings (SSSR count). The average molecular weight is 445 g/mol. The summed E-state index contributed by atoms with van der Waals surface area (Å²) in [6.45, 7) is 0. The molecule has 0 saturated heterocycles. The average Bonchev–Trinajstić information content (AvgIpc) is 3.31. The van der Waals surface area contributed by atoms with Gasteiger partial charge in [-0.25, -0.2) is 4.68 Å². The van der Waals surface area contributed by atoms with Crippen molar-refractivity contribution in [3.63, 3.8) is 0 Å². The van der Waals surface area contributed by atoms with Gasteiger partial charge in [-0.2, -0.15) is 18.3 Å². The molecule has 0 aliphatic carbocycles. The molecule has 6 nitrogen and oxygen atoms in total. The highest BCUT2D eigenvalue weighted by Gasteiger charge is 2.47. The van der Waals surface area contributed by atoms with Crippen LogP contribution in [0.25, 0.3) is 0 Å². The molecule has 0 fully saturated rings. The van der Waals surface area contributed by atoms with Crippen LogP contribution in [0.3, 0.4) is 0 Å². The van der Waals surface area contributed by atoms with Gasteiger partial charge < -0.3 is 15.1 Å². The van der Waals surface area contributed by atoms with E-state index in [1.54, 1.807) is 12.1 Å². The Labute approximate surface area is 172 Å². The van der Waals surface area contributed by atoms with Gasteiger partial charge in [0.05, 0.1) is 29.2 Å². The Morgan fingerprint density at radius 1 is 1.31 bits per heavy atom. The molecule has 1 aliphatic heterocycles. The number of halogens is 5. The molecule has 3 heterocycles. The molecule has 1 aromatic carbocycles. The Bertz CT molecular complexity index is 1050. The summed E-state index contributed by atoms with van der Waals surface area (Å²) in [7, 11) is 0. The summed E-state index contributed by atoms with van der Waals surface area (Å²) in [6, 6.07) is 4.95. The molecule has 2 atom stereocenters. The summed E-state index contributed by atoms with van der Waals surface area (Å²) in [5.41, 5.74) is 0.216. The van der Waals surface area contributed by atoms with Crippen molar-refractivity contribution in [2.45, 2.75) is 24.7 Å². The van der Waals surface area contributed by atoms with Crippen LogP contribution in [0.15, 0.2) is 47.2 Å². The van der Waals surface area contributed by atoms with Gasteiger partial charge in [0.1, 0.15) is 17.1 Å². The van der Waals surface area contributed by atoms with E-state index in [1.807, 2.05) is 0 Å². The van der Waals surface area contributed by atoms with Gasteiger partial charge in [-0.1, -0.05) is 23.2 Å². The molecular weight excluding hydrogens is 432 g/mol. The van der Waals surface area contributed by atoms with Crippen LogP contribution in [0.5, 0.6) is 0 Å². The highest BCUT2D eigenvalue weighted by molar-refractivity contribution is 6.36. The zero-order valence-corrected chi connectivity index (χ0v) is 16.0. The molecule has 29 heavy (non-hydrogen) atoms. The van der Waals surface area contributed by atoms with Gasteiger partial charge in [0.2, 0.25) is 0 Å². The lowest BCUT2D eigenvalue weighted by Gasteiger charge is -2.32. The van der Waals surface area contributed by atoms with Crippen molar-refractivity contribution < 1.29 is 22.4 Å². The standard InChI is InChI=1S/C18H13Cl2F3N4O2/c19-9-3-4-12(11(20)6-9)26-17(28)10-8-24-27-15(18(21,22)23)7-13(25-16(10)27)14-2-1-5-29-14/h1-6,8,13,15,25H,7H2,(H,26,28)/t13-,15-/m1/s1. The maximum atomic E-state index is 13.6. The number of aromatic nitrogens is 2. The highest BCUT2D eigenvalue weighted by Crippen LogP contribution is 2.44. The van der Waals surface area contributed by atoms with E-state index in [0.717, 1.165) is 10.9 Å². The molecule has 0 saturated carbocycles. The van der Waals surface area contributed by atoms with Gasteiger partial charge in [-0.15, -0.1) is 0 Å². The van der Waals surface area contributed by atoms with Crippen molar-refractivity contribution in [1.82, 2.24) is 9.78 Å². The molecular formula is C18H13Cl2F3N4O2. The number of fused-ring (bicyclic) bond motifs is 1. The molecule has 11 heteroatoms. The van der Waals surface area contributed by atoms with Gasteiger partial charge in [-0.3, -0.25) is 4.79 Å². The largest absolute Gasteiger partial charge is 0.467 e. The molecule has 0 unspecified atom stereocenters. The van der Waals surface area contributed by atoms with Crippen LogP contribution in [0.4, 0.5) is 24.7 Å². The van der Waals surface area contributed by atoms with Gasteiger partial charge in [0.15, 0.2) is 6.04 Å². The number of furan rings is 1. The number of carbonyl (C=O) groups is 1. The smallest absolute Gasteiger partial charge is 0.410 e. The molecule has 0 radical (unpaired) electrons. The Hall–Kier alpha value is -2.65. The van der Waals surface area contributed by atoms with Crippen molar-refractivity contribution in [1.29, 1.82) is 0 Å². The normalized spacial score (nSPS) is 18.8. The number of nitrogens with zero attached hydrogens (tertiary/aromatic N) is 2. The summed E-state index contributed by atoms with van der Waals surface area (Å²) in [6.07, 6.45) is -2.41. The number of hydrogen-bond donors (Lipinski definition) is 2. The van der Waals surface area contributed by atoms with Crippen LogP contribution in [-0.4, -0.2) is 21.9 Å². The predicted octanol–water partition coefficient (Wildman–Crippen LogP) is 5.70. The fraction of sp³-hybridized carbons (Fsp3) is 0.222. The molecule has 2 aromatic heterocycles. The number of rotatable bonds is 3. The monoisotopic (exact) mass is 444 g/mol. The third-order valence-electron chi connectivity index (χ3n) is 4.55. The number of alkyl halides is 3. The quantitative estimate of drug-likeness (QED) is 0.543. The minimum absolute atomic E-state index is 0.0532. The van der Waals surface area contributed by atoms with Crippen molar-refractivity contribution in [2.24, 2.45) is 0 Å². The highest BCUT2D eigenvalue weighted by atomic mass is 35.5. The molecule has 1 amide bonds. The lowest BCUT2D eigenvalue weighted by Crippen LogP contribution is -2.36. The number of anilines is 2. The number of hydrogen-bond acceptors (Lipinski definition) is 4. The lowest BCUT2D eigenvalue weighted by molar-refractivity contribution is -0.174. The first-order chi connectivity index (χ1) is 13.7. The summed E-state index contributed by atoms with van der Waals surface area (Å²) < 4.78 is 46.9. The molecule has 3 aromatic rings. The zero-order chi connectivity index (χ0) is 20.8. The van der Waals surface area contributed by atoms with Crippen molar-refractivity contribution >= 4 is 40.6 Å². The second-order valence-corrected chi connectivity index (χ2v) is 7.28. The second-order valence-electron chi connectivity index (χ2n) is 6.44. The van der Waals surface area contributed by atoms with Gasteiger partial charge in [0, 0.05) is 11.4 Å². The summed E-state index contributed by atoms with van der Waals surface area (Å²) in [5, 5.41) is 9.88. The molecule has 0 spiro atoms. The fourth-order valence-electron chi connectivity index (χ4n) is 3.19.